The van der Waals surface area contributed by atoms with Crippen LogP contribution in [0.2, 0.25) is 0 Å². The van der Waals surface area contributed by atoms with E-state index in [1.807, 2.05) is 20.6 Å². The first-order chi connectivity index (χ1) is 3.41. The molecule has 0 aromatic heterocycles. The molecule has 0 saturated heterocycles. The molecule has 0 atom stereocenters. The summed E-state index contributed by atoms with van der Waals surface area (Å²) >= 11 is 0. The zero-order valence-corrected chi connectivity index (χ0v) is 5.82. The van der Waals surface area contributed by atoms with Crippen LogP contribution in [0.15, 0.2) is 0 Å². The van der Waals surface area contributed by atoms with Crippen LogP contribution in [0, 0.1) is 0 Å². The molecule has 0 fully saturated rings. The Morgan fingerprint density at radius 3 is 1.14 bits per heavy atom. The monoisotopic (exact) mass is 104 g/mol. The Labute approximate surface area is 46.7 Å². The van der Waals surface area contributed by atoms with Crippen molar-refractivity contribution in [3.05, 3.63) is 0 Å². The normalized spacial score (nSPS) is 4.00. The molecule has 0 saturated carbocycles. The second kappa shape index (κ2) is 275. The van der Waals surface area contributed by atoms with Crippen LogP contribution in [0.1, 0.15) is 34.1 Å². The van der Waals surface area contributed by atoms with E-state index >= 15 is 0 Å². The highest BCUT2D eigenvalue weighted by atomic mass is 16.1. The summed E-state index contributed by atoms with van der Waals surface area (Å²) in [5.41, 5.74) is 0. The van der Waals surface area contributed by atoms with Gasteiger partial charge in [0.25, 0.3) is 0 Å². The third kappa shape index (κ3) is 701. The largest absolute Gasteiger partial charge is 0.307 e. The average Bonchev–Trinajstić information content (AvgIpc) is 1.78. The summed E-state index contributed by atoms with van der Waals surface area (Å²) in [5.74, 6) is 0. The topological polar surface area (TPSA) is 17.1 Å². The van der Waals surface area contributed by atoms with E-state index in [0.29, 0.717) is 0 Å². The quantitative estimate of drug-likeness (QED) is 0.460. The molecule has 1 heteroatoms. The third-order valence-corrected chi connectivity index (χ3v) is 0. The van der Waals surface area contributed by atoms with Crippen molar-refractivity contribution in [3.8, 4) is 0 Å². The molecule has 0 unspecified atom stereocenters. The average molecular weight is 104 g/mol. The number of carbonyl (C=O) groups excluding carboxylic acids is 1. The summed E-state index contributed by atoms with van der Waals surface area (Å²) in [5, 5.41) is 0. The van der Waals surface area contributed by atoms with Crippen LogP contribution in [0.4, 0.5) is 0 Å². The van der Waals surface area contributed by atoms with Crippen molar-refractivity contribution in [2.75, 3.05) is 0 Å². The summed E-state index contributed by atoms with van der Waals surface area (Å²) in [7, 11) is 0. The minimum absolute atomic E-state index is 1.25. The summed E-state index contributed by atoms with van der Waals surface area (Å²) in [6.45, 7) is 10.2. The van der Waals surface area contributed by atoms with Crippen LogP contribution in [-0.2, 0) is 4.79 Å². The molecule has 0 heterocycles. The smallest absolute Gasteiger partial charge is 0.106 e. The molecule has 0 amide bonds. The Balaban J connectivity index is -0.0000000360. The fourth-order valence-electron chi connectivity index (χ4n) is 0. The minimum Gasteiger partial charge on any atom is -0.307 e. The second-order valence-electron chi connectivity index (χ2n) is 0.707. The Kier molecular flexibility index (Phi) is 627. The van der Waals surface area contributed by atoms with Gasteiger partial charge in [0.05, 0.1) is 0 Å². The molecule has 0 aliphatic heterocycles. The lowest BCUT2D eigenvalue weighted by atomic mass is 10.6. The molecule has 0 spiro atoms. The van der Waals surface area contributed by atoms with Crippen LogP contribution >= 0.6 is 0 Å². The number of hydrogen-bond donors (Lipinski definition) is 0. The van der Waals surface area contributed by atoms with Gasteiger partial charge in [0.2, 0.25) is 0 Å². The lowest BCUT2D eigenvalue weighted by Gasteiger charge is -1.48. The first kappa shape index (κ1) is 15.9. The first-order valence-corrected chi connectivity index (χ1v) is 2.70. The molecule has 0 aliphatic carbocycles. The van der Waals surface area contributed by atoms with Gasteiger partial charge in [0.15, 0.2) is 0 Å². The van der Waals surface area contributed by atoms with Crippen LogP contribution < -0.4 is 0 Å². The van der Waals surface area contributed by atoms with Gasteiger partial charge in [0.1, 0.15) is 6.79 Å². The van der Waals surface area contributed by atoms with Gasteiger partial charge in [-0.3, -0.25) is 0 Å². The lowest BCUT2D eigenvalue weighted by molar-refractivity contribution is -0.0979. The third-order valence-electron chi connectivity index (χ3n) is 0. The molecule has 0 rings (SSSR count). The fourth-order valence-corrected chi connectivity index (χ4v) is 0. The van der Waals surface area contributed by atoms with Gasteiger partial charge in [-0.1, -0.05) is 34.1 Å². The molecule has 0 aromatic rings. The van der Waals surface area contributed by atoms with Crippen molar-refractivity contribution in [2.45, 2.75) is 34.1 Å². The molecule has 0 bridgehead atoms. The lowest BCUT2D eigenvalue weighted by Crippen LogP contribution is -1.27. The first-order valence-electron chi connectivity index (χ1n) is 2.70. The SMILES string of the molecule is C=O.CC.CCC. The maximum Gasteiger partial charge on any atom is 0.106 e. The van der Waals surface area contributed by atoms with Crippen LogP contribution in [-0.4, -0.2) is 6.79 Å². The summed E-state index contributed by atoms with van der Waals surface area (Å²) in [6.07, 6.45) is 1.25. The van der Waals surface area contributed by atoms with Gasteiger partial charge >= 0.3 is 0 Å². The van der Waals surface area contributed by atoms with Crippen LogP contribution in [0.25, 0.3) is 0 Å². The predicted octanol–water partition coefficient (Wildman–Crippen LogP) is 2.26. The van der Waals surface area contributed by atoms with E-state index < -0.39 is 0 Å². The zero-order valence-electron chi connectivity index (χ0n) is 5.82. The zero-order chi connectivity index (χ0) is 6.71. The van der Waals surface area contributed by atoms with Gasteiger partial charge in [0, 0.05) is 0 Å². The molecule has 7 heavy (non-hydrogen) atoms. The molecule has 0 radical (unpaired) electrons. The van der Waals surface area contributed by atoms with Crippen molar-refractivity contribution < 1.29 is 4.79 Å². The van der Waals surface area contributed by atoms with Crippen molar-refractivity contribution in [3.63, 3.8) is 0 Å². The molecule has 0 aliphatic rings. The highest BCUT2D eigenvalue weighted by molar-refractivity contribution is 5.10. The Morgan fingerprint density at radius 1 is 1.14 bits per heavy atom. The Bertz CT molecular complexity index is 8.14. The highest BCUT2D eigenvalue weighted by Crippen LogP contribution is 1.56. The number of carbonyl (C=O) groups is 1. The van der Waals surface area contributed by atoms with E-state index in [2.05, 4.69) is 13.8 Å². The summed E-state index contributed by atoms with van der Waals surface area (Å²) in [6, 6.07) is 0. The second-order valence-corrected chi connectivity index (χ2v) is 0.707. The Morgan fingerprint density at radius 2 is 1.14 bits per heavy atom. The van der Waals surface area contributed by atoms with E-state index in [4.69, 9.17) is 4.79 Å². The van der Waals surface area contributed by atoms with Gasteiger partial charge < -0.3 is 4.79 Å². The maximum atomic E-state index is 8.00. The summed E-state index contributed by atoms with van der Waals surface area (Å²) in [4.78, 5) is 8.00. The van der Waals surface area contributed by atoms with E-state index in [1.165, 1.54) is 6.42 Å². The van der Waals surface area contributed by atoms with Crippen LogP contribution in [0.5, 0.6) is 0 Å². The van der Waals surface area contributed by atoms with Crippen molar-refractivity contribution >= 4 is 6.79 Å². The van der Waals surface area contributed by atoms with Gasteiger partial charge in [-0.25, -0.2) is 0 Å². The van der Waals surface area contributed by atoms with Crippen LogP contribution in [0.3, 0.4) is 0 Å². The van der Waals surface area contributed by atoms with Gasteiger partial charge in [-0.05, 0) is 0 Å². The number of hydrogen-bond acceptors (Lipinski definition) is 1. The van der Waals surface area contributed by atoms with E-state index in [1.54, 1.807) is 0 Å². The van der Waals surface area contributed by atoms with E-state index in [9.17, 15) is 0 Å². The van der Waals surface area contributed by atoms with Crippen molar-refractivity contribution in [1.82, 2.24) is 0 Å². The van der Waals surface area contributed by atoms with E-state index in [-0.39, 0.29) is 0 Å². The minimum atomic E-state index is 1.25. The predicted molar refractivity (Wildman–Crippen MR) is 34.4 cm³/mol. The standard InChI is InChI=1S/C3H8.C2H6.CH2O/c1-3-2;2*1-2/h3H2,1-2H3;1-2H3;1H2. The molecule has 0 aromatic carbocycles. The summed E-state index contributed by atoms with van der Waals surface area (Å²) < 4.78 is 0. The Hall–Kier alpha value is -0.330. The molecular weight excluding hydrogens is 88.1 g/mol. The molecular formula is C6H16O. The maximum absolute atomic E-state index is 8.00. The highest BCUT2D eigenvalue weighted by Gasteiger charge is 1.35. The van der Waals surface area contributed by atoms with E-state index in [0.717, 1.165) is 0 Å². The molecule has 1 nitrogen and oxygen atoms in total. The van der Waals surface area contributed by atoms with Gasteiger partial charge in [-0.15, -0.1) is 0 Å². The fraction of sp³-hybridized carbons (Fsp3) is 0.833. The number of rotatable bonds is 0. The molecule has 0 N–H and O–H groups in total. The molecule has 46 valence electrons. The van der Waals surface area contributed by atoms with Crippen molar-refractivity contribution in [2.24, 2.45) is 0 Å². The van der Waals surface area contributed by atoms with Gasteiger partial charge in [-0.2, -0.15) is 0 Å². The van der Waals surface area contributed by atoms with Crippen molar-refractivity contribution in [1.29, 1.82) is 0 Å².